The van der Waals surface area contributed by atoms with Crippen LogP contribution in [0.1, 0.15) is 59.8 Å². The minimum absolute atomic E-state index is 0.0898. The number of dihydropyridines is 1. The predicted octanol–water partition coefficient (Wildman–Crippen LogP) is 6.21. The number of pyridine rings is 1. The lowest BCUT2D eigenvalue weighted by Gasteiger charge is -2.41. The number of aliphatic imine (C=N–C) groups is 1. The lowest BCUT2D eigenvalue weighted by Crippen LogP contribution is -2.58. The number of likely N-dealkylation sites (tertiary alicyclic amines) is 1. The van der Waals surface area contributed by atoms with Crippen LogP contribution in [-0.2, 0) is 11.3 Å². The molecule has 0 spiro atoms. The summed E-state index contributed by atoms with van der Waals surface area (Å²) in [6.07, 6.45) is 5.92. The Labute approximate surface area is 291 Å². The highest BCUT2D eigenvalue weighted by molar-refractivity contribution is 6.36. The molecule has 258 valence electrons. The van der Waals surface area contributed by atoms with E-state index in [-0.39, 0.29) is 28.8 Å². The van der Waals surface area contributed by atoms with E-state index in [4.69, 9.17) is 30.8 Å². The summed E-state index contributed by atoms with van der Waals surface area (Å²) in [7, 11) is 3.19. The first-order valence-electron chi connectivity index (χ1n) is 16.0. The molecule has 3 aromatic rings. The number of nitrogens with zero attached hydrogens (tertiary/aromatic N) is 3. The minimum atomic E-state index is -0.594. The normalized spacial score (nSPS) is 14.3. The fraction of sp³-hybridized carbons (Fsp3) is 0.361. The summed E-state index contributed by atoms with van der Waals surface area (Å²) in [6, 6.07) is 10.3. The third kappa shape index (κ3) is 8.50. The molecule has 2 amide bonds. The zero-order valence-electron chi connectivity index (χ0n) is 28.6. The summed E-state index contributed by atoms with van der Waals surface area (Å²) in [5.74, 6) is 1.90. The van der Waals surface area contributed by atoms with Gasteiger partial charge < -0.3 is 35.1 Å². The van der Waals surface area contributed by atoms with Gasteiger partial charge in [0.25, 0.3) is 5.91 Å². The maximum Gasteiger partial charge on any atom is 0.410 e. The second-order valence-corrected chi connectivity index (χ2v) is 13.2. The molecule has 1 aromatic heterocycles. The molecule has 1 saturated heterocycles. The third-order valence-corrected chi connectivity index (χ3v) is 8.25. The topological polar surface area (TPSA) is 150 Å². The second kappa shape index (κ2) is 15.0. The SMILES string of the molecule is COc1ccc(CNc2ncc(C)c(NC3CN(C(=O)OC(C)(C)C)C3)c2C(=N)c2ccc(C(=O)NC3=NCCC=C3)cc2Cl)c(OC)c1. The van der Waals surface area contributed by atoms with Crippen molar-refractivity contribution in [3.8, 4) is 11.5 Å². The predicted molar refractivity (Wildman–Crippen MR) is 192 cm³/mol. The summed E-state index contributed by atoms with van der Waals surface area (Å²) in [5.41, 5.74) is 3.09. The molecule has 49 heavy (non-hydrogen) atoms. The van der Waals surface area contributed by atoms with E-state index in [1.54, 1.807) is 55.7 Å². The number of methoxy groups -OCH3 is 2. The monoisotopic (exact) mass is 687 g/mol. The lowest BCUT2D eigenvalue weighted by atomic mass is 9.97. The summed E-state index contributed by atoms with van der Waals surface area (Å²) in [6.45, 7) is 9.23. The first kappa shape index (κ1) is 35.2. The van der Waals surface area contributed by atoms with Gasteiger partial charge in [0, 0.05) is 55.1 Å². The van der Waals surface area contributed by atoms with E-state index in [2.05, 4.69) is 20.9 Å². The van der Waals surface area contributed by atoms with Crippen LogP contribution in [0.5, 0.6) is 11.5 Å². The zero-order chi connectivity index (χ0) is 35.3. The number of benzene rings is 2. The molecule has 0 saturated carbocycles. The second-order valence-electron chi connectivity index (χ2n) is 12.8. The van der Waals surface area contributed by atoms with Gasteiger partial charge in [-0.05, 0) is 70.0 Å². The lowest BCUT2D eigenvalue weighted by molar-refractivity contribution is 0.0105. The van der Waals surface area contributed by atoms with Crippen LogP contribution >= 0.6 is 11.6 Å². The first-order chi connectivity index (χ1) is 23.4. The van der Waals surface area contributed by atoms with Crippen molar-refractivity contribution in [2.24, 2.45) is 4.99 Å². The molecule has 4 N–H and O–H groups in total. The van der Waals surface area contributed by atoms with Crippen molar-refractivity contribution < 1.29 is 23.8 Å². The summed E-state index contributed by atoms with van der Waals surface area (Å²) >= 11 is 6.78. The van der Waals surface area contributed by atoms with Crippen molar-refractivity contribution in [2.75, 3.05) is 44.5 Å². The van der Waals surface area contributed by atoms with Crippen molar-refractivity contribution in [3.63, 3.8) is 0 Å². The number of amidine groups is 1. The van der Waals surface area contributed by atoms with Crippen LogP contribution in [-0.4, -0.2) is 78.9 Å². The van der Waals surface area contributed by atoms with Crippen molar-refractivity contribution in [1.29, 1.82) is 5.41 Å². The van der Waals surface area contributed by atoms with Crippen LogP contribution in [0.15, 0.2) is 59.7 Å². The van der Waals surface area contributed by atoms with E-state index >= 15 is 0 Å². The molecule has 0 unspecified atom stereocenters. The van der Waals surface area contributed by atoms with E-state index in [9.17, 15) is 15.0 Å². The Bertz CT molecular complexity index is 1810. The van der Waals surface area contributed by atoms with Crippen molar-refractivity contribution in [2.45, 2.75) is 52.3 Å². The van der Waals surface area contributed by atoms with Gasteiger partial charge in [-0.2, -0.15) is 0 Å². The fourth-order valence-corrected chi connectivity index (χ4v) is 5.64. The van der Waals surface area contributed by atoms with Crippen LogP contribution < -0.4 is 25.4 Å². The number of halogens is 1. The van der Waals surface area contributed by atoms with E-state index < -0.39 is 5.60 Å². The van der Waals surface area contributed by atoms with Crippen LogP contribution in [0.25, 0.3) is 0 Å². The molecule has 1 fully saturated rings. The number of hydrogen-bond acceptors (Lipinski definition) is 10. The number of aromatic nitrogens is 1. The Morgan fingerprint density at radius 1 is 1.10 bits per heavy atom. The van der Waals surface area contributed by atoms with Crippen molar-refractivity contribution in [3.05, 3.63) is 87.6 Å². The summed E-state index contributed by atoms with van der Waals surface area (Å²) < 4.78 is 16.5. The number of hydrogen-bond donors (Lipinski definition) is 4. The Morgan fingerprint density at radius 3 is 2.53 bits per heavy atom. The van der Waals surface area contributed by atoms with Gasteiger partial charge in [0.05, 0.1) is 42.2 Å². The number of ether oxygens (including phenoxy) is 3. The molecule has 0 aliphatic carbocycles. The van der Waals surface area contributed by atoms with Crippen molar-refractivity contribution >= 4 is 46.7 Å². The van der Waals surface area contributed by atoms with Gasteiger partial charge in [0.1, 0.15) is 28.8 Å². The van der Waals surface area contributed by atoms with E-state index in [0.717, 1.165) is 17.5 Å². The van der Waals surface area contributed by atoms with Crippen LogP contribution in [0.3, 0.4) is 0 Å². The third-order valence-electron chi connectivity index (χ3n) is 7.94. The molecule has 13 heteroatoms. The molecule has 0 atom stereocenters. The van der Waals surface area contributed by atoms with Crippen LogP contribution in [0, 0.1) is 12.3 Å². The number of nitrogens with one attached hydrogen (secondary N) is 4. The number of anilines is 2. The van der Waals surface area contributed by atoms with Gasteiger partial charge in [-0.25, -0.2) is 9.78 Å². The van der Waals surface area contributed by atoms with Crippen molar-refractivity contribution in [1.82, 2.24) is 15.2 Å². The average molecular weight is 688 g/mol. The fourth-order valence-electron chi connectivity index (χ4n) is 5.37. The molecule has 3 heterocycles. The Kier molecular flexibility index (Phi) is 10.8. The Morgan fingerprint density at radius 2 is 1.88 bits per heavy atom. The van der Waals surface area contributed by atoms with Crippen LogP contribution in [0.4, 0.5) is 16.3 Å². The molecule has 2 aliphatic rings. The highest BCUT2D eigenvalue weighted by atomic mass is 35.5. The highest BCUT2D eigenvalue weighted by Crippen LogP contribution is 2.34. The molecule has 2 aliphatic heterocycles. The largest absolute Gasteiger partial charge is 0.497 e. The summed E-state index contributed by atoms with van der Waals surface area (Å²) in [4.78, 5) is 36.2. The number of aryl methyl sites for hydroxylation is 1. The van der Waals surface area contributed by atoms with Crippen LogP contribution in [0.2, 0.25) is 5.02 Å². The maximum atomic E-state index is 13.0. The summed E-state index contributed by atoms with van der Waals surface area (Å²) in [5, 5.41) is 19.4. The number of rotatable bonds is 10. The average Bonchev–Trinajstić information content (AvgIpc) is 3.05. The number of carbonyl (C=O) groups excluding carboxylic acids is 2. The van der Waals surface area contributed by atoms with Gasteiger partial charge in [0.2, 0.25) is 0 Å². The molecule has 2 aromatic carbocycles. The van der Waals surface area contributed by atoms with Gasteiger partial charge in [-0.15, -0.1) is 0 Å². The van der Waals surface area contributed by atoms with E-state index in [1.165, 1.54) is 0 Å². The first-order valence-corrected chi connectivity index (χ1v) is 16.3. The standard InChI is InChI=1S/C36H42ClN7O5/c1-21-17-40-33(41-18-23-10-12-25(47-5)16-28(23)48-6)30(32(21)42-24-19-44(20-24)35(46)49-36(2,3)4)31(38)26-13-11-22(15-27(26)37)34(45)43-29-9-7-8-14-39-29/h7,9-13,15-17,24,38H,8,14,18-20H2,1-6H3,(H,39,43,45)(H2,40,41,42). The molecule has 5 rings (SSSR count). The molecule has 0 bridgehead atoms. The van der Waals surface area contributed by atoms with Gasteiger partial charge in [0.15, 0.2) is 0 Å². The molecule has 0 radical (unpaired) electrons. The Hall–Kier alpha value is -5.10. The molecule has 12 nitrogen and oxygen atoms in total. The molecular weight excluding hydrogens is 646 g/mol. The number of carbonyl (C=O) groups is 2. The van der Waals surface area contributed by atoms with E-state index in [1.807, 2.05) is 45.9 Å². The molecular formula is C36H42ClN7O5. The maximum absolute atomic E-state index is 13.0. The number of amides is 2. The van der Waals surface area contributed by atoms with E-state index in [0.29, 0.717) is 71.7 Å². The minimum Gasteiger partial charge on any atom is -0.497 e. The zero-order valence-corrected chi connectivity index (χ0v) is 29.3. The smallest absolute Gasteiger partial charge is 0.410 e. The Balaban J connectivity index is 1.44. The highest BCUT2D eigenvalue weighted by Gasteiger charge is 2.35. The van der Waals surface area contributed by atoms with Gasteiger partial charge in [-0.3, -0.25) is 15.2 Å². The quantitative estimate of drug-likeness (QED) is 0.184. The van der Waals surface area contributed by atoms with Gasteiger partial charge in [-0.1, -0.05) is 23.7 Å². The van der Waals surface area contributed by atoms with Gasteiger partial charge >= 0.3 is 6.09 Å².